The number of halogens is 2. The molecule has 0 spiro atoms. The fraction of sp³-hybridized carbons (Fsp3) is 0.333. The molecule has 0 amide bonds. The predicted molar refractivity (Wildman–Crippen MR) is 17.7 cm³/mol. The van der Waals surface area contributed by atoms with Gasteiger partial charge in [-0.2, -0.15) is 8.78 Å². The lowest BCUT2D eigenvalue weighted by Crippen LogP contribution is -1.95. The van der Waals surface area contributed by atoms with Crippen LogP contribution in [0.15, 0.2) is 0 Å². The summed E-state index contributed by atoms with van der Waals surface area (Å²) >= 11 is 0. The minimum absolute atomic E-state index is 1.14. The maximum atomic E-state index is 10.8. The first-order valence-corrected chi connectivity index (χ1v) is 1.51. The summed E-state index contributed by atoms with van der Waals surface area (Å²) < 4.78 is 21.6. The van der Waals surface area contributed by atoms with Gasteiger partial charge < -0.3 is 5.11 Å². The van der Waals surface area contributed by atoms with E-state index in [-0.39, 0.29) is 0 Å². The highest BCUT2D eigenvalue weighted by atomic mass is 19.3. The molecular formula is C3H3F2O2. The number of carboxylic acids is 1. The van der Waals surface area contributed by atoms with Crippen molar-refractivity contribution in [2.45, 2.75) is 6.42 Å². The van der Waals surface area contributed by atoms with Crippen molar-refractivity contribution in [3.05, 3.63) is 6.43 Å². The molecular weight excluding hydrogens is 106 g/mol. The number of hydrogen-bond acceptors (Lipinski definition) is 1. The Bertz CT molecular complexity index is 71.3. The first kappa shape index (κ1) is 6.33. The molecule has 0 saturated heterocycles. The van der Waals surface area contributed by atoms with Gasteiger partial charge in [0.1, 0.15) is 6.42 Å². The van der Waals surface area contributed by atoms with E-state index in [0.29, 0.717) is 0 Å². The highest BCUT2D eigenvalue weighted by Crippen LogP contribution is 2.06. The summed E-state index contributed by atoms with van der Waals surface area (Å²) in [6.45, 7) is 0. The maximum Gasteiger partial charge on any atom is 0.321 e. The van der Waals surface area contributed by atoms with Gasteiger partial charge in [0, 0.05) is 0 Å². The molecule has 7 heavy (non-hydrogen) atoms. The largest absolute Gasteiger partial charge is 0.481 e. The molecule has 0 aromatic carbocycles. The molecule has 0 atom stereocenters. The van der Waals surface area contributed by atoms with Crippen LogP contribution in [-0.2, 0) is 4.79 Å². The van der Waals surface area contributed by atoms with E-state index >= 15 is 0 Å². The highest BCUT2D eigenvalue weighted by Gasteiger charge is 2.09. The lowest BCUT2D eigenvalue weighted by molar-refractivity contribution is -0.137. The van der Waals surface area contributed by atoms with Crippen LogP contribution >= 0.6 is 0 Å². The third-order valence-electron chi connectivity index (χ3n) is 0.285. The molecule has 0 rings (SSSR count). The lowest BCUT2D eigenvalue weighted by atomic mass is 10.5. The number of rotatable bonds is 2. The molecule has 1 radical (unpaired) electrons. The molecule has 0 aliphatic carbocycles. The maximum absolute atomic E-state index is 10.8. The molecule has 0 fully saturated rings. The first-order valence-electron chi connectivity index (χ1n) is 1.51. The predicted octanol–water partition coefficient (Wildman–Crippen LogP) is 0.890. The van der Waals surface area contributed by atoms with Crippen LogP contribution in [0.2, 0.25) is 0 Å². The minimum Gasteiger partial charge on any atom is -0.481 e. The second-order valence-electron chi connectivity index (χ2n) is 0.909. The summed E-state index contributed by atoms with van der Waals surface area (Å²) in [5, 5.41) is 7.58. The molecule has 1 N–H and O–H groups in total. The van der Waals surface area contributed by atoms with Crippen LogP contribution in [0.4, 0.5) is 8.78 Å². The van der Waals surface area contributed by atoms with Crippen molar-refractivity contribution in [3.63, 3.8) is 0 Å². The molecule has 0 aromatic rings. The number of hydrogen-bond donors (Lipinski definition) is 1. The number of carboxylic acid groups (broad SMARTS) is 1. The molecule has 0 unspecified atom stereocenters. The van der Waals surface area contributed by atoms with Crippen molar-refractivity contribution in [2.75, 3.05) is 0 Å². The molecule has 0 bridgehead atoms. The van der Waals surface area contributed by atoms with E-state index in [2.05, 4.69) is 0 Å². The number of carbonyl (C=O) groups is 1. The van der Waals surface area contributed by atoms with Crippen molar-refractivity contribution in [1.29, 1.82) is 0 Å². The van der Waals surface area contributed by atoms with E-state index in [1.807, 2.05) is 0 Å². The van der Waals surface area contributed by atoms with E-state index in [1.54, 1.807) is 0 Å². The highest BCUT2D eigenvalue weighted by molar-refractivity contribution is 5.68. The summed E-state index contributed by atoms with van der Waals surface area (Å²) in [7, 11) is 0. The van der Waals surface area contributed by atoms with Crippen LogP contribution < -0.4 is 0 Å². The Morgan fingerprint density at radius 1 is 1.57 bits per heavy atom. The zero-order valence-electron chi connectivity index (χ0n) is 3.32. The fourth-order valence-electron chi connectivity index (χ4n) is 0.114. The van der Waals surface area contributed by atoms with Crippen molar-refractivity contribution >= 4 is 5.97 Å². The normalized spacial score (nSPS) is 9.57. The Hall–Kier alpha value is -0.670. The van der Waals surface area contributed by atoms with Crippen LogP contribution in [0.1, 0.15) is 6.42 Å². The molecule has 0 aliphatic heterocycles. The van der Waals surface area contributed by atoms with Gasteiger partial charge in [-0.1, -0.05) is 0 Å². The molecule has 0 aromatic heterocycles. The van der Waals surface area contributed by atoms with E-state index in [9.17, 15) is 13.6 Å². The zero-order chi connectivity index (χ0) is 5.86. The smallest absolute Gasteiger partial charge is 0.321 e. The standard InChI is InChI=1S/C3H3F2O2/c4-2(5)1-3(6)7/h1H2,(H,6,7). The molecule has 4 heteroatoms. The number of aliphatic carboxylic acids is 1. The third-order valence-corrected chi connectivity index (χ3v) is 0.285. The summed E-state index contributed by atoms with van der Waals surface area (Å²) in [4.78, 5) is 9.31. The Labute approximate surface area is 38.8 Å². The molecule has 0 heterocycles. The van der Waals surface area contributed by atoms with Gasteiger partial charge in [0.15, 0.2) is 0 Å². The third kappa shape index (κ3) is 5.33. The van der Waals surface area contributed by atoms with E-state index in [1.165, 1.54) is 0 Å². The molecule has 41 valence electrons. The van der Waals surface area contributed by atoms with Crippen molar-refractivity contribution in [2.24, 2.45) is 0 Å². The lowest BCUT2D eigenvalue weighted by Gasteiger charge is -1.84. The Morgan fingerprint density at radius 3 is 2.00 bits per heavy atom. The van der Waals surface area contributed by atoms with Crippen LogP contribution in [0.25, 0.3) is 0 Å². The van der Waals surface area contributed by atoms with Gasteiger partial charge >= 0.3 is 12.4 Å². The monoisotopic (exact) mass is 109 g/mol. The summed E-state index contributed by atoms with van der Waals surface area (Å²) in [6.07, 6.45) is -3.20. The van der Waals surface area contributed by atoms with Gasteiger partial charge in [-0.3, -0.25) is 4.79 Å². The van der Waals surface area contributed by atoms with Crippen molar-refractivity contribution in [3.8, 4) is 0 Å². The Kier molecular flexibility index (Phi) is 2.26. The van der Waals surface area contributed by atoms with Crippen LogP contribution in [0.5, 0.6) is 0 Å². The molecule has 2 nitrogen and oxygen atoms in total. The average molecular weight is 109 g/mol. The van der Waals surface area contributed by atoms with Gasteiger partial charge in [-0.25, -0.2) is 0 Å². The Morgan fingerprint density at radius 2 is 2.00 bits per heavy atom. The first-order chi connectivity index (χ1) is 3.13. The molecule has 0 saturated carbocycles. The summed E-state index contributed by atoms with van der Waals surface area (Å²) in [6, 6.07) is 0. The van der Waals surface area contributed by atoms with Crippen LogP contribution in [0.3, 0.4) is 0 Å². The van der Waals surface area contributed by atoms with Crippen molar-refractivity contribution < 1.29 is 18.7 Å². The van der Waals surface area contributed by atoms with E-state index in [0.717, 1.165) is 0 Å². The van der Waals surface area contributed by atoms with Gasteiger partial charge in [0.05, 0.1) is 0 Å². The molecule has 0 aliphatic rings. The minimum atomic E-state index is -2.06. The van der Waals surface area contributed by atoms with Gasteiger partial charge in [-0.05, 0) is 0 Å². The van der Waals surface area contributed by atoms with E-state index < -0.39 is 18.8 Å². The Balaban J connectivity index is 3.13. The van der Waals surface area contributed by atoms with E-state index in [4.69, 9.17) is 5.11 Å². The van der Waals surface area contributed by atoms with Gasteiger partial charge in [0.25, 0.3) is 0 Å². The SMILES string of the molecule is O=C(O)C[C](F)F. The van der Waals surface area contributed by atoms with Crippen molar-refractivity contribution in [1.82, 2.24) is 0 Å². The van der Waals surface area contributed by atoms with Crippen LogP contribution in [0, 0.1) is 6.43 Å². The second kappa shape index (κ2) is 2.49. The fourth-order valence-corrected chi connectivity index (χ4v) is 0.114. The summed E-state index contributed by atoms with van der Waals surface area (Å²) in [5.41, 5.74) is 0. The van der Waals surface area contributed by atoms with Crippen LogP contribution in [-0.4, -0.2) is 11.1 Å². The quantitative estimate of drug-likeness (QED) is 0.571. The second-order valence-corrected chi connectivity index (χ2v) is 0.909. The van der Waals surface area contributed by atoms with Gasteiger partial charge in [-0.15, -0.1) is 0 Å². The zero-order valence-corrected chi connectivity index (χ0v) is 3.32. The average Bonchev–Trinajstić information content (AvgIpc) is 1.27. The van der Waals surface area contributed by atoms with Gasteiger partial charge in [0.2, 0.25) is 0 Å². The topological polar surface area (TPSA) is 37.3 Å². The summed E-state index contributed by atoms with van der Waals surface area (Å²) in [5.74, 6) is -1.50.